The molecule has 0 saturated heterocycles. The van der Waals surface area contributed by atoms with Crippen molar-refractivity contribution in [2.75, 3.05) is 5.75 Å². The molecule has 5 atom stereocenters. The molecule has 0 spiro atoms. The van der Waals surface area contributed by atoms with E-state index in [1.165, 1.54) is 25.7 Å². The summed E-state index contributed by atoms with van der Waals surface area (Å²) in [5, 5.41) is 0. The highest BCUT2D eigenvalue weighted by atomic mass is 32.1. The number of hydrogen-bond donors (Lipinski definition) is 1. The van der Waals surface area contributed by atoms with Gasteiger partial charge in [-0.2, -0.15) is 12.6 Å². The van der Waals surface area contributed by atoms with Crippen LogP contribution in [0.25, 0.3) is 0 Å². The molecule has 0 radical (unpaired) electrons. The molecule has 0 unspecified atom stereocenters. The summed E-state index contributed by atoms with van der Waals surface area (Å²) in [6.45, 7) is 7.37. The van der Waals surface area contributed by atoms with Crippen molar-refractivity contribution in [2.24, 2.45) is 29.1 Å². The lowest BCUT2D eigenvalue weighted by Gasteiger charge is -2.46. The lowest BCUT2D eigenvalue weighted by Crippen LogP contribution is -2.38. The number of thiol groups is 1. The third-order valence-corrected chi connectivity index (χ3v) is 6.53. The maximum absolute atomic E-state index is 4.51. The largest absolute Gasteiger partial charge is 0.175 e. The predicted molar refractivity (Wildman–Crippen MR) is 72.8 cm³/mol. The SMILES string of the molecule is C/C(CS)=C1\[C@@H]2[C@H](C)CC[C@@H]2[C@@]2(C)CC[C@@H]12. The molecule has 16 heavy (non-hydrogen) atoms. The van der Waals surface area contributed by atoms with Crippen LogP contribution >= 0.6 is 12.6 Å². The molecule has 0 amide bonds. The molecule has 0 aromatic carbocycles. The minimum atomic E-state index is 0.676. The third kappa shape index (κ3) is 1.19. The first kappa shape index (κ1) is 11.2. The van der Waals surface area contributed by atoms with E-state index in [4.69, 9.17) is 0 Å². The van der Waals surface area contributed by atoms with Gasteiger partial charge in [0.25, 0.3) is 0 Å². The number of allylic oxidation sites excluding steroid dienone is 1. The molecule has 0 heterocycles. The summed E-state index contributed by atoms with van der Waals surface area (Å²) in [4.78, 5) is 0. The fourth-order valence-electron chi connectivity index (χ4n) is 5.07. The van der Waals surface area contributed by atoms with Gasteiger partial charge in [0.15, 0.2) is 0 Å². The monoisotopic (exact) mass is 236 g/mol. The molecule has 3 aliphatic carbocycles. The lowest BCUT2D eigenvalue weighted by molar-refractivity contribution is 0.0474. The molecule has 90 valence electrons. The van der Waals surface area contributed by atoms with Crippen molar-refractivity contribution in [2.45, 2.75) is 46.5 Å². The highest BCUT2D eigenvalue weighted by Gasteiger charge is 2.62. The zero-order valence-electron chi connectivity index (χ0n) is 10.8. The van der Waals surface area contributed by atoms with Gasteiger partial charge >= 0.3 is 0 Å². The lowest BCUT2D eigenvalue weighted by atomic mass is 9.58. The van der Waals surface area contributed by atoms with Gasteiger partial charge in [-0.25, -0.2) is 0 Å². The minimum absolute atomic E-state index is 0.676. The molecular formula is C15H24S. The van der Waals surface area contributed by atoms with Crippen LogP contribution in [-0.2, 0) is 0 Å². The van der Waals surface area contributed by atoms with Crippen molar-refractivity contribution in [3.05, 3.63) is 11.1 Å². The average Bonchev–Trinajstić information content (AvgIpc) is 2.70. The molecule has 1 heteroatoms. The van der Waals surface area contributed by atoms with Gasteiger partial charge in [0.1, 0.15) is 0 Å². The molecule has 0 bridgehead atoms. The van der Waals surface area contributed by atoms with E-state index < -0.39 is 0 Å². The van der Waals surface area contributed by atoms with Gasteiger partial charge in [0, 0.05) is 5.75 Å². The molecule has 3 aliphatic rings. The zero-order chi connectivity index (χ0) is 11.5. The molecule has 0 aromatic rings. The van der Waals surface area contributed by atoms with Crippen molar-refractivity contribution in [3.8, 4) is 0 Å². The topological polar surface area (TPSA) is 0 Å². The van der Waals surface area contributed by atoms with Gasteiger partial charge in [0.05, 0.1) is 0 Å². The van der Waals surface area contributed by atoms with E-state index in [0.717, 1.165) is 29.4 Å². The van der Waals surface area contributed by atoms with Gasteiger partial charge in [0.2, 0.25) is 0 Å². The smallest absolute Gasteiger partial charge is 0.0113 e. The second-order valence-corrected chi connectivity index (χ2v) is 6.99. The maximum atomic E-state index is 4.51. The van der Waals surface area contributed by atoms with Gasteiger partial charge in [-0.05, 0) is 61.7 Å². The minimum Gasteiger partial charge on any atom is -0.175 e. The van der Waals surface area contributed by atoms with E-state index in [2.05, 4.69) is 33.4 Å². The number of hydrogen-bond acceptors (Lipinski definition) is 1. The Morgan fingerprint density at radius 3 is 2.69 bits per heavy atom. The Morgan fingerprint density at radius 1 is 1.38 bits per heavy atom. The van der Waals surface area contributed by atoms with Gasteiger partial charge in [-0.15, -0.1) is 0 Å². The second kappa shape index (κ2) is 3.54. The van der Waals surface area contributed by atoms with Gasteiger partial charge in [-0.1, -0.05) is 25.0 Å². The van der Waals surface area contributed by atoms with E-state index in [0.29, 0.717) is 5.41 Å². The highest BCUT2D eigenvalue weighted by Crippen LogP contribution is 2.70. The van der Waals surface area contributed by atoms with Crippen molar-refractivity contribution in [3.63, 3.8) is 0 Å². The molecule has 0 nitrogen and oxygen atoms in total. The van der Waals surface area contributed by atoms with E-state index in [1.54, 1.807) is 5.57 Å². The van der Waals surface area contributed by atoms with Gasteiger partial charge in [-0.3, -0.25) is 0 Å². The summed E-state index contributed by atoms with van der Waals surface area (Å²) in [7, 11) is 0. The standard InChI is InChI=1S/C15H24S/c1-9-4-5-11-13(9)14(10(2)8-16)12-6-7-15(11,12)3/h9,11-13,16H,4-8H2,1-3H3/b14-10+/t9-,11+,12+,13-,15-/m1/s1. The Labute approximate surface area is 105 Å². The van der Waals surface area contributed by atoms with E-state index in [9.17, 15) is 0 Å². The first-order valence-corrected chi connectivity index (χ1v) is 7.53. The molecule has 0 aliphatic heterocycles. The predicted octanol–water partition coefficient (Wildman–Crippen LogP) is 4.32. The normalized spacial score (nSPS) is 53.2. The first-order valence-electron chi connectivity index (χ1n) is 6.90. The van der Waals surface area contributed by atoms with Crippen LogP contribution in [0.4, 0.5) is 0 Å². The first-order chi connectivity index (χ1) is 7.59. The van der Waals surface area contributed by atoms with Crippen molar-refractivity contribution in [1.82, 2.24) is 0 Å². The number of fused-ring (bicyclic) bond motifs is 3. The molecule has 3 rings (SSSR count). The van der Waals surface area contributed by atoms with E-state index in [1.807, 2.05) is 5.57 Å². The Hall–Kier alpha value is 0.0900. The average molecular weight is 236 g/mol. The number of rotatable bonds is 1. The third-order valence-electron chi connectivity index (χ3n) is 6.06. The Kier molecular flexibility index (Phi) is 2.48. The summed E-state index contributed by atoms with van der Waals surface area (Å²) in [6.07, 6.45) is 5.88. The Bertz CT molecular complexity index is 343. The Balaban J connectivity index is 2.06. The quantitative estimate of drug-likeness (QED) is 0.508. The fourth-order valence-corrected chi connectivity index (χ4v) is 5.25. The van der Waals surface area contributed by atoms with Crippen LogP contribution < -0.4 is 0 Å². The highest BCUT2D eigenvalue weighted by molar-refractivity contribution is 7.80. The van der Waals surface area contributed by atoms with Crippen LogP contribution in [-0.4, -0.2) is 5.75 Å². The fraction of sp³-hybridized carbons (Fsp3) is 0.867. The van der Waals surface area contributed by atoms with Crippen LogP contribution in [0.5, 0.6) is 0 Å². The summed E-state index contributed by atoms with van der Waals surface area (Å²) < 4.78 is 0. The van der Waals surface area contributed by atoms with Gasteiger partial charge < -0.3 is 0 Å². The van der Waals surface area contributed by atoms with Crippen molar-refractivity contribution >= 4 is 12.6 Å². The van der Waals surface area contributed by atoms with E-state index in [-0.39, 0.29) is 0 Å². The van der Waals surface area contributed by atoms with Crippen LogP contribution in [0.2, 0.25) is 0 Å². The molecule has 3 fully saturated rings. The van der Waals surface area contributed by atoms with E-state index >= 15 is 0 Å². The zero-order valence-corrected chi connectivity index (χ0v) is 11.7. The molecule has 0 N–H and O–H groups in total. The molecule has 3 saturated carbocycles. The summed E-state index contributed by atoms with van der Waals surface area (Å²) >= 11 is 4.51. The Morgan fingerprint density at radius 2 is 2.12 bits per heavy atom. The molecular weight excluding hydrogens is 212 g/mol. The summed E-state index contributed by atoms with van der Waals surface area (Å²) in [5.41, 5.74) is 4.12. The van der Waals surface area contributed by atoms with Crippen LogP contribution in [0.15, 0.2) is 11.1 Å². The van der Waals surface area contributed by atoms with Crippen molar-refractivity contribution < 1.29 is 0 Å². The van der Waals surface area contributed by atoms with Crippen LogP contribution in [0.3, 0.4) is 0 Å². The second-order valence-electron chi connectivity index (χ2n) is 6.68. The van der Waals surface area contributed by atoms with Crippen molar-refractivity contribution in [1.29, 1.82) is 0 Å². The van der Waals surface area contributed by atoms with Crippen LogP contribution in [0, 0.1) is 29.1 Å². The van der Waals surface area contributed by atoms with Crippen LogP contribution in [0.1, 0.15) is 46.5 Å². The summed E-state index contributed by atoms with van der Waals surface area (Å²) in [6, 6.07) is 0. The summed E-state index contributed by atoms with van der Waals surface area (Å²) in [5.74, 6) is 4.75. The molecule has 0 aromatic heterocycles. The maximum Gasteiger partial charge on any atom is 0.0113 e.